The van der Waals surface area contributed by atoms with Gasteiger partial charge in [0.05, 0.1) is 11.3 Å². The summed E-state index contributed by atoms with van der Waals surface area (Å²) in [5.74, 6) is 0. The Kier molecular flexibility index (Phi) is 4.21. The van der Waals surface area contributed by atoms with Crippen LogP contribution in [0.3, 0.4) is 0 Å². The molecule has 0 radical (unpaired) electrons. The first-order chi connectivity index (χ1) is 9.72. The lowest BCUT2D eigenvalue weighted by Gasteiger charge is -2.07. The van der Waals surface area contributed by atoms with Crippen molar-refractivity contribution in [3.8, 4) is 0 Å². The van der Waals surface area contributed by atoms with Gasteiger partial charge in [0.2, 0.25) is 5.03 Å². The van der Waals surface area contributed by atoms with Gasteiger partial charge in [-0.1, -0.05) is 27.5 Å². The third-order valence-electron chi connectivity index (χ3n) is 2.49. The summed E-state index contributed by atoms with van der Waals surface area (Å²) in [4.78, 5) is 14.0. The van der Waals surface area contributed by atoms with Gasteiger partial charge < -0.3 is 4.57 Å². The third kappa shape index (κ3) is 3.17. The lowest BCUT2D eigenvalue weighted by atomic mass is 10.3. The van der Waals surface area contributed by atoms with Crippen molar-refractivity contribution in [2.75, 3.05) is 4.72 Å². The lowest BCUT2D eigenvalue weighted by molar-refractivity contribution is -0.384. The van der Waals surface area contributed by atoms with Crippen LogP contribution in [-0.4, -0.2) is 22.9 Å². The van der Waals surface area contributed by atoms with Crippen LogP contribution in [0.15, 0.2) is 34.0 Å². The highest BCUT2D eigenvalue weighted by atomic mass is 79.9. The first-order valence-corrected chi connectivity index (χ1v) is 8.01. The van der Waals surface area contributed by atoms with Gasteiger partial charge in [-0.3, -0.25) is 14.8 Å². The number of aromatic nitrogens is 2. The summed E-state index contributed by atoms with van der Waals surface area (Å²) >= 11 is 8.91. The largest absolute Gasteiger partial charge is 0.324 e. The van der Waals surface area contributed by atoms with E-state index in [4.69, 9.17) is 11.6 Å². The summed E-state index contributed by atoms with van der Waals surface area (Å²) in [5, 5.41) is 10.5. The topological polar surface area (TPSA) is 107 Å². The molecule has 0 amide bonds. The van der Waals surface area contributed by atoms with Gasteiger partial charge in [0.1, 0.15) is 10.8 Å². The van der Waals surface area contributed by atoms with Crippen LogP contribution in [0.4, 0.5) is 11.4 Å². The molecule has 0 unspecified atom stereocenters. The number of nitro benzene ring substituents is 1. The molecule has 0 fully saturated rings. The zero-order valence-corrected chi connectivity index (χ0v) is 13.6. The molecule has 2 rings (SSSR count). The number of nitrogens with zero attached hydrogens (tertiary/aromatic N) is 3. The molecule has 1 aromatic heterocycles. The van der Waals surface area contributed by atoms with Crippen LogP contribution >= 0.6 is 27.5 Å². The zero-order chi connectivity index (χ0) is 15.8. The second-order valence-electron chi connectivity index (χ2n) is 3.98. The Morgan fingerprint density at radius 1 is 1.48 bits per heavy atom. The normalized spacial score (nSPS) is 11.4. The predicted octanol–water partition coefficient (Wildman–Crippen LogP) is 2.54. The summed E-state index contributed by atoms with van der Waals surface area (Å²) in [6.45, 7) is 0. The maximum atomic E-state index is 12.2. The number of nitro groups is 1. The van der Waals surface area contributed by atoms with Crippen LogP contribution in [0.5, 0.6) is 0 Å². The zero-order valence-electron chi connectivity index (χ0n) is 10.4. The van der Waals surface area contributed by atoms with Gasteiger partial charge in [-0.25, -0.2) is 4.98 Å². The minimum atomic E-state index is -4.13. The molecular weight excluding hydrogens is 388 g/mol. The molecule has 2 aromatic rings. The molecule has 1 N–H and O–H groups in total. The standard InChI is InChI=1S/C10H8BrClN4O4S/c1-15-5-13-10(9(15)12)21(19,20)14-7-3-2-6(11)4-8(7)16(17)18/h2-5,14H,1H3. The third-order valence-corrected chi connectivity index (χ3v) is 4.84. The molecule has 11 heteroatoms. The van der Waals surface area contributed by atoms with E-state index in [9.17, 15) is 18.5 Å². The molecule has 0 aliphatic rings. The fourth-order valence-electron chi connectivity index (χ4n) is 1.51. The average molecular weight is 396 g/mol. The van der Waals surface area contributed by atoms with Crippen molar-refractivity contribution in [1.82, 2.24) is 9.55 Å². The first kappa shape index (κ1) is 15.7. The van der Waals surface area contributed by atoms with Crippen LogP contribution in [0.25, 0.3) is 0 Å². The van der Waals surface area contributed by atoms with Gasteiger partial charge in [-0.05, 0) is 12.1 Å². The molecular formula is C10H8BrClN4O4S. The fraction of sp³-hybridized carbons (Fsp3) is 0.100. The summed E-state index contributed by atoms with van der Waals surface area (Å²) in [6.07, 6.45) is 1.23. The SMILES string of the molecule is Cn1cnc(S(=O)(=O)Nc2ccc(Br)cc2[N+](=O)[O-])c1Cl. The van der Waals surface area contributed by atoms with Crippen molar-refractivity contribution in [3.63, 3.8) is 0 Å². The van der Waals surface area contributed by atoms with Gasteiger partial charge in [0.25, 0.3) is 15.7 Å². The number of rotatable bonds is 4. The quantitative estimate of drug-likeness (QED) is 0.632. The van der Waals surface area contributed by atoms with Crippen molar-refractivity contribution in [2.24, 2.45) is 7.05 Å². The van der Waals surface area contributed by atoms with Crippen LogP contribution in [-0.2, 0) is 17.1 Å². The van der Waals surface area contributed by atoms with Crippen molar-refractivity contribution in [1.29, 1.82) is 0 Å². The number of nitrogens with one attached hydrogen (secondary N) is 1. The van der Waals surface area contributed by atoms with Gasteiger partial charge >= 0.3 is 0 Å². The number of hydrogen-bond donors (Lipinski definition) is 1. The smallest absolute Gasteiger partial charge is 0.294 e. The molecule has 21 heavy (non-hydrogen) atoms. The Bertz CT molecular complexity index is 820. The number of anilines is 1. The molecule has 0 bridgehead atoms. The number of aryl methyl sites for hydroxylation is 1. The maximum absolute atomic E-state index is 12.2. The van der Waals surface area contributed by atoms with E-state index in [0.29, 0.717) is 4.47 Å². The van der Waals surface area contributed by atoms with Crippen LogP contribution in [0.2, 0.25) is 5.15 Å². The Morgan fingerprint density at radius 3 is 2.67 bits per heavy atom. The van der Waals surface area contributed by atoms with E-state index < -0.39 is 20.0 Å². The molecule has 1 heterocycles. The molecule has 0 atom stereocenters. The number of halogens is 2. The average Bonchev–Trinajstić information content (AvgIpc) is 2.72. The van der Waals surface area contributed by atoms with E-state index in [1.807, 2.05) is 0 Å². The Labute approximate surface area is 133 Å². The summed E-state index contributed by atoms with van der Waals surface area (Å²) in [6, 6.07) is 3.94. The van der Waals surface area contributed by atoms with Crippen molar-refractivity contribution in [3.05, 3.63) is 44.3 Å². The highest BCUT2D eigenvalue weighted by molar-refractivity contribution is 9.10. The van der Waals surface area contributed by atoms with Gasteiger partial charge in [-0.2, -0.15) is 8.42 Å². The van der Waals surface area contributed by atoms with Gasteiger partial charge in [0, 0.05) is 17.6 Å². The summed E-state index contributed by atoms with van der Waals surface area (Å²) in [5.41, 5.74) is -0.565. The van der Waals surface area contributed by atoms with Crippen molar-refractivity contribution < 1.29 is 13.3 Å². The van der Waals surface area contributed by atoms with E-state index in [1.54, 1.807) is 0 Å². The lowest BCUT2D eigenvalue weighted by Crippen LogP contribution is -2.15. The number of imidazole rings is 1. The fourth-order valence-corrected chi connectivity index (χ4v) is 3.37. The summed E-state index contributed by atoms with van der Waals surface area (Å²) in [7, 11) is -2.60. The highest BCUT2D eigenvalue weighted by Crippen LogP contribution is 2.30. The van der Waals surface area contributed by atoms with Crippen LogP contribution in [0, 0.1) is 10.1 Å². The molecule has 1 aromatic carbocycles. The second-order valence-corrected chi connectivity index (χ2v) is 6.85. The second kappa shape index (κ2) is 5.62. The molecule has 0 spiro atoms. The van der Waals surface area contributed by atoms with Crippen LogP contribution < -0.4 is 4.72 Å². The Morgan fingerprint density at radius 2 is 2.14 bits per heavy atom. The van der Waals surface area contributed by atoms with Crippen molar-refractivity contribution in [2.45, 2.75) is 5.03 Å². The van der Waals surface area contributed by atoms with Crippen molar-refractivity contribution >= 4 is 48.9 Å². The minimum Gasteiger partial charge on any atom is -0.324 e. The Hall–Kier alpha value is -1.65. The monoisotopic (exact) mass is 394 g/mol. The van der Waals surface area contributed by atoms with E-state index >= 15 is 0 Å². The van der Waals surface area contributed by atoms with E-state index in [-0.39, 0.29) is 16.5 Å². The predicted molar refractivity (Wildman–Crippen MR) is 79.8 cm³/mol. The molecule has 8 nitrogen and oxygen atoms in total. The van der Waals surface area contributed by atoms with Gasteiger partial charge in [-0.15, -0.1) is 0 Å². The number of benzene rings is 1. The highest BCUT2D eigenvalue weighted by Gasteiger charge is 2.26. The number of sulfonamides is 1. The molecule has 0 aliphatic carbocycles. The maximum Gasteiger partial charge on any atom is 0.294 e. The first-order valence-electron chi connectivity index (χ1n) is 5.36. The van der Waals surface area contributed by atoms with E-state index in [2.05, 4.69) is 25.6 Å². The number of hydrogen-bond acceptors (Lipinski definition) is 5. The van der Waals surface area contributed by atoms with Gasteiger partial charge in [0.15, 0.2) is 0 Å². The minimum absolute atomic E-state index is 0.0951. The molecule has 0 saturated carbocycles. The molecule has 0 aliphatic heterocycles. The molecule has 112 valence electrons. The van der Waals surface area contributed by atoms with Crippen LogP contribution in [0.1, 0.15) is 0 Å². The summed E-state index contributed by atoms with van der Waals surface area (Å²) < 4.78 is 28.3. The Balaban J connectivity index is 2.47. The van der Waals surface area contributed by atoms with E-state index in [1.165, 1.54) is 36.1 Å². The molecule has 0 saturated heterocycles. The van der Waals surface area contributed by atoms with E-state index in [0.717, 1.165) is 0 Å².